The molecule has 27 heavy (non-hydrogen) atoms. The number of rotatable bonds is 1. The van der Waals surface area contributed by atoms with Crippen molar-refractivity contribution in [2.75, 3.05) is 5.73 Å². The van der Waals surface area contributed by atoms with Gasteiger partial charge in [-0.2, -0.15) is 0 Å². The van der Waals surface area contributed by atoms with E-state index in [1.165, 1.54) is 21.8 Å². The third-order valence-corrected chi connectivity index (χ3v) is 5.32. The summed E-state index contributed by atoms with van der Waals surface area (Å²) in [5.74, 6) is 0. The van der Waals surface area contributed by atoms with Crippen molar-refractivity contribution < 1.29 is 4.42 Å². The third-order valence-electron chi connectivity index (χ3n) is 5.32. The van der Waals surface area contributed by atoms with Crippen LogP contribution in [0.5, 0.6) is 0 Å². The largest absolute Gasteiger partial charge is 0.456 e. The molecule has 0 saturated carbocycles. The Balaban J connectivity index is 1.82. The first kappa shape index (κ1) is 14.4. The quantitative estimate of drug-likeness (QED) is 0.356. The predicted octanol–water partition coefficient (Wildman–Crippen LogP) is 6.27. The summed E-state index contributed by atoms with van der Waals surface area (Å²) < 4.78 is 8.41. The highest BCUT2D eigenvalue weighted by molar-refractivity contribution is 6.17. The fraction of sp³-hybridized carbons (Fsp3) is 0. The Morgan fingerprint density at radius 1 is 0.593 bits per heavy atom. The number of furan rings is 1. The molecule has 3 nitrogen and oxygen atoms in total. The molecule has 0 aliphatic carbocycles. The third kappa shape index (κ3) is 1.97. The molecular weight excluding hydrogens is 332 g/mol. The zero-order valence-electron chi connectivity index (χ0n) is 14.5. The number of hydrogen-bond acceptors (Lipinski definition) is 2. The molecule has 2 aromatic heterocycles. The van der Waals surface area contributed by atoms with Crippen molar-refractivity contribution in [3.8, 4) is 5.69 Å². The number of benzene rings is 4. The van der Waals surface area contributed by atoms with Crippen molar-refractivity contribution in [1.82, 2.24) is 4.57 Å². The standard InChI is InChI=1S/C24H16N2O/c25-15-9-11-16(12-10-15)26-21-7-3-1-5-17(21)19-14-24-20(13-22(19)26)18-6-2-4-8-23(18)27-24/h1-14H,25H2. The Labute approximate surface area is 155 Å². The number of para-hydroxylation sites is 2. The first-order valence-corrected chi connectivity index (χ1v) is 9.00. The van der Waals surface area contributed by atoms with Crippen LogP contribution in [0.3, 0.4) is 0 Å². The monoisotopic (exact) mass is 348 g/mol. The van der Waals surface area contributed by atoms with Gasteiger partial charge in [-0.05, 0) is 48.5 Å². The molecule has 6 aromatic rings. The van der Waals surface area contributed by atoms with E-state index in [1.807, 2.05) is 24.3 Å². The van der Waals surface area contributed by atoms with Gasteiger partial charge in [-0.3, -0.25) is 0 Å². The van der Waals surface area contributed by atoms with Gasteiger partial charge < -0.3 is 14.7 Å². The van der Waals surface area contributed by atoms with Crippen molar-refractivity contribution in [3.05, 3.63) is 84.9 Å². The molecule has 0 aliphatic rings. The maximum absolute atomic E-state index is 6.11. The molecule has 128 valence electrons. The number of anilines is 1. The Morgan fingerprint density at radius 2 is 1.33 bits per heavy atom. The van der Waals surface area contributed by atoms with Gasteiger partial charge in [-0.1, -0.05) is 36.4 Å². The van der Waals surface area contributed by atoms with Crippen LogP contribution in [0.1, 0.15) is 0 Å². The first-order chi connectivity index (χ1) is 13.3. The second-order valence-electron chi connectivity index (χ2n) is 6.91. The molecule has 0 amide bonds. The highest BCUT2D eigenvalue weighted by Crippen LogP contribution is 2.38. The summed E-state index contributed by atoms with van der Waals surface area (Å²) >= 11 is 0. The number of aromatic nitrogens is 1. The normalized spacial score (nSPS) is 11.9. The van der Waals surface area contributed by atoms with Crippen LogP contribution >= 0.6 is 0 Å². The van der Waals surface area contributed by atoms with Gasteiger partial charge in [0.05, 0.1) is 11.0 Å². The molecule has 0 fully saturated rings. The zero-order valence-corrected chi connectivity index (χ0v) is 14.5. The van der Waals surface area contributed by atoms with E-state index in [4.69, 9.17) is 10.2 Å². The molecule has 0 atom stereocenters. The van der Waals surface area contributed by atoms with Gasteiger partial charge in [-0.15, -0.1) is 0 Å². The predicted molar refractivity (Wildman–Crippen MR) is 112 cm³/mol. The van der Waals surface area contributed by atoms with E-state index in [2.05, 4.69) is 65.2 Å². The fourth-order valence-corrected chi connectivity index (χ4v) is 4.09. The Hall–Kier alpha value is -3.72. The number of hydrogen-bond donors (Lipinski definition) is 1. The van der Waals surface area contributed by atoms with Crippen LogP contribution in [0.15, 0.2) is 89.3 Å². The summed E-state index contributed by atoms with van der Waals surface area (Å²) in [6.45, 7) is 0. The molecule has 2 N–H and O–H groups in total. The molecule has 0 radical (unpaired) electrons. The van der Waals surface area contributed by atoms with Gasteiger partial charge in [0, 0.05) is 32.9 Å². The summed E-state index contributed by atoms with van der Waals surface area (Å²) in [5.41, 5.74) is 12.0. The topological polar surface area (TPSA) is 44.1 Å². The maximum atomic E-state index is 6.11. The average molecular weight is 348 g/mol. The number of nitrogens with two attached hydrogens (primary N) is 1. The summed E-state index contributed by atoms with van der Waals surface area (Å²) in [6, 6.07) is 29.1. The van der Waals surface area contributed by atoms with Crippen LogP contribution in [0.4, 0.5) is 5.69 Å². The molecule has 0 aliphatic heterocycles. The second kappa shape index (κ2) is 5.15. The van der Waals surface area contributed by atoms with Crippen molar-refractivity contribution in [2.45, 2.75) is 0 Å². The summed E-state index contributed by atoms with van der Waals surface area (Å²) in [6.07, 6.45) is 0. The zero-order chi connectivity index (χ0) is 18.0. The lowest BCUT2D eigenvalue weighted by atomic mass is 10.1. The molecule has 0 saturated heterocycles. The van der Waals surface area contributed by atoms with Crippen molar-refractivity contribution in [1.29, 1.82) is 0 Å². The van der Waals surface area contributed by atoms with Crippen molar-refractivity contribution in [3.63, 3.8) is 0 Å². The van der Waals surface area contributed by atoms with E-state index < -0.39 is 0 Å². The Morgan fingerprint density at radius 3 is 2.19 bits per heavy atom. The van der Waals surface area contributed by atoms with Gasteiger partial charge in [-0.25, -0.2) is 0 Å². The molecule has 6 rings (SSSR count). The summed E-state index contributed by atoms with van der Waals surface area (Å²) in [5, 5.41) is 4.68. The van der Waals surface area contributed by atoms with E-state index >= 15 is 0 Å². The lowest BCUT2D eigenvalue weighted by Crippen LogP contribution is -1.94. The van der Waals surface area contributed by atoms with Gasteiger partial charge in [0.2, 0.25) is 0 Å². The van der Waals surface area contributed by atoms with Gasteiger partial charge in [0.15, 0.2) is 0 Å². The second-order valence-corrected chi connectivity index (χ2v) is 6.91. The molecule has 0 unspecified atom stereocenters. The van der Waals surface area contributed by atoms with Gasteiger partial charge in [0.1, 0.15) is 11.2 Å². The van der Waals surface area contributed by atoms with Crippen LogP contribution in [-0.2, 0) is 0 Å². The smallest absolute Gasteiger partial charge is 0.136 e. The van der Waals surface area contributed by atoms with Gasteiger partial charge in [0.25, 0.3) is 0 Å². The van der Waals surface area contributed by atoms with Crippen LogP contribution in [0.25, 0.3) is 49.4 Å². The van der Waals surface area contributed by atoms with Gasteiger partial charge >= 0.3 is 0 Å². The van der Waals surface area contributed by atoms with Crippen molar-refractivity contribution >= 4 is 49.4 Å². The molecule has 2 heterocycles. The summed E-state index contributed by atoms with van der Waals surface area (Å²) in [7, 11) is 0. The molecular formula is C24H16N2O. The van der Waals surface area contributed by atoms with Crippen molar-refractivity contribution in [2.24, 2.45) is 0 Å². The molecule has 3 heteroatoms. The Bertz CT molecular complexity index is 1470. The van der Waals surface area contributed by atoms with Crippen LogP contribution < -0.4 is 5.73 Å². The number of nitrogens with zero attached hydrogens (tertiary/aromatic N) is 1. The minimum atomic E-state index is 0.766. The molecule has 0 bridgehead atoms. The van der Waals surface area contributed by atoms with E-state index in [9.17, 15) is 0 Å². The molecule has 0 spiro atoms. The first-order valence-electron chi connectivity index (χ1n) is 9.00. The number of fused-ring (bicyclic) bond motifs is 6. The van der Waals surface area contributed by atoms with Crippen LogP contribution in [0.2, 0.25) is 0 Å². The van der Waals surface area contributed by atoms with Crippen LogP contribution in [0, 0.1) is 0 Å². The van der Waals surface area contributed by atoms with E-state index in [1.54, 1.807) is 0 Å². The van der Waals surface area contributed by atoms with E-state index in [-0.39, 0.29) is 0 Å². The van der Waals surface area contributed by atoms with E-state index in [0.29, 0.717) is 0 Å². The lowest BCUT2D eigenvalue weighted by molar-refractivity contribution is 0.669. The minimum absolute atomic E-state index is 0.766. The SMILES string of the molecule is Nc1ccc(-n2c3ccccc3c3cc4oc5ccccc5c4cc32)cc1. The fourth-order valence-electron chi connectivity index (χ4n) is 4.09. The number of nitrogen functional groups attached to an aromatic ring is 1. The summed E-state index contributed by atoms with van der Waals surface area (Å²) in [4.78, 5) is 0. The minimum Gasteiger partial charge on any atom is -0.456 e. The maximum Gasteiger partial charge on any atom is 0.136 e. The van der Waals surface area contributed by atoms with Crippen LogP contribution in [-0.4, -0.2) is 4.57 Å². The highest BCUT2D eigenvalue weighted by Gasteiger charge is 2.15. The Kier molecular flexibility index (Phi) is 2.75. The average Bonchev–Trinajstić information content (AvgIpc) is 3.22. The lowest BCUT2D eigenvalue weighted by Gasteiger charge is -2.08. The van der Waals surface area contributed by atoms with E-state index in [0.717, 1.165) is 33.3 Å². The molecule has 4 aromatic carbocycles. The highest BCUT2D eigenvalue weighted by atomic mass is 16.3.